The molecule has 1 aromatic rings. The van der Waals surface area contributed by atoms with E-state index < -0.39 is 0 Å². The Balaban J connectivity index is 2.13. The summed E-state index contributed by atoms with van der Waals surface area (Å²) in [5.74, 6) is 0.924. The van der Waals surface area contributed by atoms with Crippen molar-refractivity contribution in [2.45, 2.75) is 58.4 Å². The summed E-state index contributed by atoms with van der Waals surface area (Å²) in [6, 6.07) is 7.13. The van der Waals surface area contributed by atoms with Crippen LogP contribution in [-0.2, 0) is 0 Å². The molecule has 106 valence electrons. The first kappa shape index (κ1) is 15.1. The Kier molecular flexibility index (Phi) is 5.90. The Morgan fingerprint density at radius 3 is 2.74 bits per heavy atom. The van der Waals surface area contributed by atoms with Gasteiger partial charge in [0.2, 0.25) is 0 Å². The Bertz CT molecular complexity index is 396. The molecule has 0 radical (unpaired) electrons. The maximum absolute atomic E-state index is 3.76. The molecule has 2 heteroatoms. The predicted octanol–water partition coefficient (Wildman–Crippen LogP) is 5.38. The van der Waals surface area contributed by atoms with Gasteiger partial charge in [-0.2, -0.15) is 0 Å². The van der Waals surface area contributed by atoms with Crippen molar-refractivity contribution in [3.63, 3.8) is 0 Å². The predicted molar refractivity (Wildman–Crippen MR) is 86.5 cm³/mol. The molecule has 19 heavy (non-hydrogen) atoms. The van der Waals surface area contributed by atoms with E-state index >= 15 is 0 Å². The van der Waals surface area contributed by atoms with E-state index in [4.69, 9.17) is 0 Å². The first-order valence-electron chi connectivity index (χ1n) is 7.70. The van der Waals surface area contributed by atoms with Gasteiger partial charge in [-0.1, -0.05) is 60.7 Å². The average molecular weight is 324 g/mol. The fourth-order valence-corrected chi connectivity index (χ4v) is 3.60. The van der Waals surface area contributed by atoms with Gasteiger partial charge >= 0.3 is 0 Å². The molecule has 1 aromatic carbocycles. The van der Waals surface area contributed by atoms with Crippen LogP contribution in [0.4, 0.5) is 0 Å². The third kappa shape index (κ3) is 4.06. The smallest absolute Gasteiger partial charge is 0.0325 e. The lowest BCUT2D eigenvalue weighted by Gasteiger charge is -2.24. The van der Waals surface area contributed by atoms with Crippen LogP contribution in [-0.4, -0.2) is 6.54 Å². The van der Waals surface area contributed by atoms with Gasteiger partial charge in [0.25, 0.3) is 0 Å². The number of hydrogen-bond donors (Lipinski definition) is 1. The highest BCUT2D eigenvalue weighted by atomic mass is 79.9. The Labute approximate surface area is 126 Å². The molecule has 0 spiro atoms. The molecule has 1 aliphatic rings. The van der Waals surface area contributed by atoms with Crippen LogP contribution in [0.25, 0.3) is 0 Å². The van der Waals surface area contributed by atoms with Crippen molar-refractivity contribution < 1.29 is 0 Å². The van der Waals surface area contributed by atoms with E-state index in [0.717, 1.165) is 12.5 Å². The van der Waals surface area contributed by atoms with Crippen LogP contribution in [0.5, 0.6) is 0 Å². The zero-order chi connectivity index (χ0) is 13.7. The van der Waals surface area contributed by atoms with E-state index in [1.165, 1.54) is 54.1 Å². The fraction of sp³-hybridized carbons (Fsp3) is 0.647. The summed E-state index contributed by atoms with van der Waals surface area (Å²) in [7, 11) is 0. The van der Waals surface area contributed by atoms with Crippen molar-refractivity contribution >= 4 is 15.9 Å². The molecule has 1 fully saturated rings. The van der Waals surface area contributed by atoms with Crippen LogP contribution in [0.2, 0.25) is 0 Å². The highest BCUT2D eigenvalue weighted by Crippen LogP contribution is 2.35. The Morgan fingerprint density at radius 1 is 1.32 bits per heavy atom. The van der Waals surface area contributed by atoms with E-state index in [9.17, 15) is 0 Å². The van der Waals surface area contributed by atoms with E-state index in [0.29, 0.717) is 6.04 Å². The van der Waals surface area contributed by atoms with Gasteiger partial charge < -0.3 is 5.32 Å². The summed E-state index contributed by atoms with van der Waals surface area (Å²) in [6.45, 7) is 5.59. The summed E-state index contributed by atoms with van der Waals surface area (Å²) in [4.78, 5) is 0. The summed E-state index contributed by atoms with van der Waals surface area (Å²) < 4.78 is 1.24. The van der Waals surface area contributed by atoms with Gasteiger partial charge in [0.05, 0.1) is 0 Å². The molecule has 1 aliphatic carbocycles. The third-order valence-electron chi connectivity index (χ3n) is 4.37. The van der Waals surface area contributed by atoms with Crippen LogP contribution in [0.3, 0.4) is 0 Å². The molecule has 0 aromatic heterocycles. The second-order valence-electron chi connectivity index (χ2n) is 5.85. The maximum Gasteiger partial charge on any atom is 0.0325 e. The molecule has 0 saturated heterocycles. The van der Waals surface area contributed by atoms with Crippen molar-refractivity contribution in [3.05, 3.63) is 33.8 Å². The number of nitrogens with one attached hydrogen (secondary N) is 1. The topological polar surface area (TPSA) is 12.0 Å². The molecular formula is C17H26BrN. The van der Waals surface area contributed by atoms with Crippen molar-refractivity contribution in [2.24, 2.45) is 5.92 Å². The van der Waals surface area contributed by atoms with Crippen molar-refractivity contribution in [2.75, 3.05) is 6.54 Å². The lowest BCUT2D eigenvalue weighted by molar-refractivity contribution is 0.394. The molecule has 0 aliphatic heterocycles. The minimum Gasteiger partial charge on any atom is -0.310 e. The van der Waals surface area contributed by atoms with Gasteiger partial charge in [-0.25, -0.2) is 0 Å². The van der Waals surface area contributed by atoms with Gasteiger partial charge in [0.15, 0.2) is 0 Å². The van der Waals surface area contributed by atoms with Gasteiger partial charge in [0, 0.05) is 10.5 Å². The molecule has 1 saturated carbocycles. The summed E-state index contributed by atoms with van der Waals surface area (Å²) in [6.07, 6.45) is 8.23. The van der Waals surface area contributed by atoms with Gasteiger partial charge in [-0.05, 0) is 49.4 Å². The molecule has 0 amide bonds. The standard InChI is InChI=1S/C17H26BrN/c1-3-11-19-17(12-14-7-4-5-8-14)15-9-6-10-16(18)13(15)2/h6,9-10,14,17,19H,3-5,7-8,11-12H2,1-2H3. The normalized spacial score (nSPS) is 17.8. The zero-order valence-corrected chi connectivity index (χ0v) is 13.8. The minimum absolute atomic E-state index is 0.528. The van der Waals surface area contributed by atoms with Gasteiger partial charge in [-0.3, -0.25) is 0 Å². The molecule has 1 nitrogen and oxygen atoms in total. The summed E-state index contributed by atoms with van der Waals surface area (Å²) in [5, 5.41) is 3.76. The molecule has 0 heterocycles. The van der Waals surface area contributed by atoms with E-state index in [2.05, 4.69) is 53.3 Å². The summed E-state index contributed by atoms with van der Waals surface area (Å²) in [5.41, 5.74) is 2.88. The Morgan fingerprint density at radius 2 is 2.05 bits per heavy atom. The number of benzene rings is 1. The van der Waals surface area contributed by atoms with E-state index in [-0.39, 0.29) is 0 Å². The number of halogens is 1. The lowest BCUT2D eigenvalue weighted by Crippen LogP contribution is -2.24. The molecular weight excluding hydrogens is 298 g/mol. The van der Waals surface area contributed by atoms with E-state index in [1.54, 1.807) is 0 Å². The van der Waals surface area contributed by atoms with Crippen LogP contribution in [0.1, 0.15) is 62.6 Å². The SMILES string of the molecule is CCCNC(CC1CCCC1)c1cccc(Br)c1C. The van der Waals surface area contributed by atoms with Crippen LogP contribution in [0, 0.1) is 12.8 Å². The van der Waals surface area contributed by atoms with Gasteiger partial charge in [0.1, 0.15) is 0 Å². The fourth-order valence-electron chi connectivity index (χ4n) is 3.22. The minimum atomic E-state index is 0.528. The lowest BCUT2D eigenvalue weighted by atomic mass is 9.91. The van der Waals surface area contributed by atoms with Crippen molar-refractivity contribution in [1.29, 1.82) is 0 Å². The molecule has 2 rings (SSSR count). The van der Waals surface area contributed by atoms with Crippen molar-refractivity contribution in [3.8, 4) is 0 Å². The third-order valence-corrected chi connectivity index (χ3v) is 5.23. The largest absolute Gasteiger partial charge is 0.310 e. The van der Waals surface area contributed by atoms with Crippen LogP contribution < -0.4 is 5.32 Å². The first-order valence-corrected chi connectivity index (χ1v) is 8.50. The van der Waals surface area contributed by atoms with Crippen LogP contribution >= 0.6 is 15.9 Å². The molecule has 0 bridgehead atoms. The quantitative estimate of drug-likeness (QED) is 0.741. The van der Waals surface area contributed by atoms with Crippen LogP contribution in [0.15, 0.2) is 22.7 Å². The number of rotatable bonds is 6. The van der Waals surface area contributed by atoms with Crippen molar-refractivity contribution in [1.82, 2.24) is 5.32 Å². The molecule has 1 atom stereocenters. The highest BCUT2D eigenvalue weighted by Gasteiger charge is 2.22. The molecule has 1 N–H and O–H groups in total. The highest BCUT2D eigenvalue weighted by molar-refractivity contribution is 9.10. The zero-order valence-electron chi connectivity index (χ0n) is 12.2. The van der Waals surface area contributed by atoms with E-state index in [1.807, 2.05) is 0 Å². The number of hydrogen-bond acceptors (Lipinski definition) is 1. The Hall–Kier alpha value is -0.340. The average Bonchev–Trinajstić information content (AvgIpc) is 2.91. The van der Waals surface area contributed by atoms with Gasteiger partial charge in [-0.15, -0.1) is 0 Å². The molecule has 1 unspecified atom stereocenters. The summed E-state index contributed by atoms with van der Waals surface area (Å²) >= 11 is 3.67. The second-order valence-corrected chi connectivity index (χ2v) is 6.70. The monoisotopic (exact) mass is 323 g/mol. The second kappa shape index (κ2) is 7.44. The first-order chi connectivity index (χ1) is 9.22. The maximum atomic E-state index is 3.76.